The highest BCUT2D eigenvalue weighted by atomic mass is 16.5. The van der Waals surface area contributed by atoms with Gasteiger partial charge in [0, 0.05) is 12.3 Å². The fourth-order valence-corrected chi connectivity index (χ4v) is 0.865. The second kappa shape index (κ2) is 5.01. The van der Waals surface area contributed by atoms with Crippen LogP contribution in [0.1, 0.15) is 12.6 Å². The summed E-state index contributed by atoms with van der Waals surface area (Å²) in [6, 6.07) is 5.19. The Bertz CT molecular complexity index is 332. The van der Waals surface area contributed by atoms with Gasteiger partial charge in [-0.25, -0.2) is 4.79 Å². The van der Waals surface area contributed by atoms with E-state index in [0.29, 0.717) is 5.69 Å². The molecule has 1 rings (SSSR count). The quantitative estimate of drug-likeness (QED) is 0.449. The van der Waals surface area contributed by atoms with Crippen molar-refractivity contribution in [1.82, 2.24) is 4.98 Å². The van der Waals surface area contributed by atoms with Gasteiger partial charge in [-0.05, 0) is 19.1 Å². The summed E-state index contributed by atoms with van der Waals surface area (Å²) in [6.07, 6.45) is 2.84. The van der Waals surface area contributed by atoms with Gasteiger partial charge in [0.05, 0.1) is 12.3 Å². The summed E-state index contributed by atoms with van der Waals surface area (Å²) in [7, 11) is 0. The number of carbonyl (C=O) groups excluding carboxylic acids is 1. The lowest BCUT2D eigenvalue weighted by Gasteiger charge is -1.99. The average Bonchev–Trinajstić information content (AvgIpc) is 2.19. The van der Waals surface area contributed by atoms with E-state index in [-0.39, 0.29) is 6.61 Å². The van der Waals surface area contributed by atoms with Crippen molar-refractivity contribution < 1.29 is 14.6 Å². The number of rotatable bonds is 3. The Balaban J connectivity index is 2.74. The highest BCUT2D eigenvalue weighted by molar-refractivity contribution is 5.90. The molecule has 0 saturated carbocycles. The molecule has 0 atom stereocenters. The highest BCUT2D eigenvalue weighted by Gasteiger charge is 2.07. The van der Waals surface area contributed by atoms with E-state index >= 15 is 0 Å². The van der Waals surface area contributed by atoms with E-state index in [1.54, 1.807) is 31.3 Å². The van der Waals surface area contributed by atoms with E-state index in [4.69, 9.17) is 0 Å². The first-order valence-electron chi connectivity index (χ1n) is 4.23. The smallest absolute Gasteiger partial charge is 0.373 e. The van der Waals surface area contributed by atoms with Crippen molar-refractivity contribution in [3.05, 3.63) is 35.8 Å². The molecule has 0 aromatic carbocycles. The van der Waals surface area contributed by atoms with Crippen LogP contribution < -0.4 is 0 Å². The van der Waals surface area contributed by atoms with Crippen LogP contribution in [0.3, 0.4) is 0 Å². The topological polar surface area (TPSA) is 59.4 Å². The molecule has 74 valence electrons. The molecule has 0 aliphatic rings. The maximum Gasteiger partial charge on any atom is 0.373 e. The van der Waals surface area contributed by atoms with Gasteiger partial charge in [0.1, 0.15) is 0 Å². The zero-order chi connectivity index (χ0) is 10.4. The normalized spacial score (nSPS) is 11.1. The molecule has 0 aliphatic carbocycles. The molecule has 0 bridgehead atoms. The first-order valence-corrected chi connectivity index (χ1v) is 4.23. The molecule has 1 aromatic heterocycles. The Labute approximate surface area is 81.9 Å². The van der Waals surface area contributed by atoms with Crippen molar-refractivity contribution in [2.75, 3.05) is 6.61 Å². The maximum absolute atomic E-state index is 11.0. The largest absolute Gasteiger partial charge is 0.502 e. The molecule has 0 unspecified atom stereocenters. The lowest BCUT2D eigenvalue weighted by atomic mass is 10.3. The number of ether oxygens (including phenoxy) is 1. The molecule has 0 amide bonds. The number of aliphatic hydroxyl groups is 1. The number of carbonyl (C=O) groups is 1. The van der Waals surface area contributed by atoms with Gasteiger partial charge in [-0.15, -0.1) is 0 Å². The predicted molar refractivity (Wildman–Crippen MR) is 51.5 cm³/mol. The van der Waals surface area contributed by atoms with E-state index in [0.717, 1.165) is 0 Å². The van der Waals surface area contributed by atoms with Gasteiger partial charge in [-0.3, -0.25) is 4.98 Å². The zero-order valence-corrected chi connectivity index (χ0v) is 7.80. The average molecular weight is 193 g/mol. The van der Waals surface area contributed by atoms with Gasteiger partial charge < -0.3 is 9.84 Å². The summed E-state index contributed by atoms with van der Waals surface area (Å²) >= 11 is 0. The standard InChI is InChI=1S/C10H11NO3/c1-2-14-10(13)9(12)7-8-5-3-4-6-11-8/h3-7,12H,2H2,1H3/b9-7-. The number of nitrogens with zero attached hydrogens (tertiary/aromatic N) is 1. The molecular formula is C10H11NO3. The Morgan fingerprint density at radius 3 is 3.00 bits per heavy atom. The van der Waals surface area contributed by atoms with Crippen LogP contribution in [0.5, 0.6) is 0 Å². The summed E-state index contributed by atoms with van der Waals surface area (Å²) in [5.41, 5.74) is 0.512. The fourth-order valence-electron chi connectivity index (χ4n) is 0.865. The summed E-state index contributed by atoms with van der Waals surface area (Å²) in [6.45, 7) is 1.91. The number of esters is 1. The summed E-state index contributed by atoms with van der Waals surface area (Å²) < 4.78 is 4.59. The Morgan fingerprint density at radius 2 is 2.43 bits per heavy atom. The molecule has 0 spiro atoms. The van der Waals surface area contributed by atoms with E-state index in [1.807, 2.05) is 0 Å². The molecule has 1 aromatic rings. The van der Waals surface area contributed by atoms with Gasteiger partial charge >= 0.3 is 5.97 Å². The molecule has 0 fully saturated rings. The van der Waals surface area contributed by atoms with Crippen LogP contribution in [0.2, 0.25) is 0 Å². The lowest BCUT2D eigenvalue weighted by molar-refractivity contribution is -0.141. The van der Waals surface area contributed by atoms with Gasteiger partial charge in [-0.1, -0.05) is 6.07 Å². The minimum absolute atomic E-state index is 0.235. The van der Waals surface area contributed by atoms with E-state index in [1.165, 1.54) is 6.08 Å². The number of hydrogen-bond acceptors (Lipinski definition) is 4. The number of hydrogen-bond donors (Lipinski definition) is 1. The molecule has 1 heterocycles. The third kappa shape index (κ3) is 2.90. The number of aliphatic hydroxyl groups excluding tert-OH is 1. The van der Waals surface area contributed by atoms with Crippen LogP contribution >= 0.6 is 0 Å². The van der Waals surface area contributed by atoms with Gasteiger partial charge in [-0.2, -0.15) is 0 Å². The molecule has 14 heavy (non-hydrogen) atoms. The Kier molecular flexibility index (Phi) is 3.67. The number of aromatic nitrogens is 1. The zero-order valence-electron chi connectivity index (χ0n) is 7.80. The highest BCUT2D eigenvalue weighted by Crippen LogP contribution is 2.02. The molecule has 1 N–H and O–H groups in total. The van der Waals surface area contributed by atoms with E-state index < -0.39 is 11.7 Å². The molecule has 0 aliphatic heterocycles. The van der Waals surface area contributed by atoms with Crippen molar-refractivity contribution in [3.63, 3.8) is 0 Å². The minimum atomic E-state index is -0.738. The fraction of sp³-hybridized carbons (Fsp3) is 0.200. The first kappa shape index (κ1) is 10.2. The number of pyridine rings is 1. The SMILES string of the molecule is CCOC(=O)/C(O)=C/c1ccccn1. The molecule has 0 saturated heterocycles. The third-order valence-electron chi connectivity index (χ3n) is 1.46. The van der Waals surface area contributed by atoms with Crippen molar-refractivity contribution in [3.8, 4) is 0 Å². The maximum atomic E-state index is 11.0. The molecule has 4 nitrogen and oxygen atoms in total. The second-order valence-corrected chi connectivity index (χ2v) is 2.50. The first-order chi connectivity index (χ1) is 6.74. The van der Waals surface area contributed by atoms with Crippen LogP contribution in [0.25, 0.3) is 6.08 Å². The van der Waals surface area contributed by atoms with Crippen molar-refractivity contribution in [1.29, 1.82) is 0 Å². The van der Waals surface area contributed by atoms with Gasteiger partial charge in [0.15, 0.2) is 0 Å². The van der Waals surface area contributed by atoms with Crippen LogP contribution in [-0.4, -0.2) is 22.7 Å². The monoisotopic (exact) mass is 193 g/mol. The molecular weight excluding hydrogens is 182 g/mol. The Morgan fingerprint density at radius 1 is 1.64 bits per heavy atom. The van der Waals surface area contributed by atoms with Crippen molar-refractivity contribution in [2.24, 2.45) is 0 Å². The Hall–Kier alpha value is -1.84. The van der Waals surface area contributed by atoms with Crippen LogP contribution in [0.4, 0.5) is 0 Å². The van der Waals surface area contributed by atoms with Gasteiger partial charge in [0.2, 0.25) is 5.76 Å². The van der Waals surface area contributed by atoms with Crippen LogP contribution in [0.15, 0.2) is 30.2 Å². The lowest BCUT2D eigenvalue weighted by Crippen LogP contribution is -2.06. The summed E-state index contributed by atoms with van der Waals surface area (Å²) in [5.74, 6) is -1.18. The third-order valence-corrected chi connectivity index (χ3v) is 1.46. The molecule has 4 heteroatoms. The predicted octanol–water partition coefficient (Wildman–Crippen LogP) is 1.54. The second-order valence-electron chi connectivity index (χ2n) is 2.50. The summed E-state index contributed by atoms with van der Waals surface area (Å²) in [5, 5.41) is 9.25. The van der Waals surface area contributed by atoms with Gasteiger partial charge in [0.25, 0.3) is 0 Å². The van der Waals surface area contributed by atoms with Crippen molar-refractivity contribution in [2.45, 2.75) is 6.92 Å². The molecule has 0 radical (unpaired) electrons. The van der Waals surface area contributed by atoms with E-state index in [9.17, 15) is 9.90 Å². The summed E-state index contributed by atoms with van der Waals surface area (Å²) in [4.78, 5) is 14.9. The minimum Gasteiger partial charge on any atom is -0.502 e. The van der Waals surface area contributed by atoms with Crippen LogP contribution in [-0.2, 0) is 9.53 Å². The van der Waals surface area contributed by atoms with E-state index in [2.05, 4.69) is 9.72 Å². The van der Waals surface area contributed by atoms with Crippen LogP contribution in [0, 0.1) is 0 Å². The van der Waals surface area contributed by atoms with Crippen molar-refractivity contribution >= 4 is 12.0 Å².